The van der Waals surface area contributed by atoms with E-state index in [4.69, 9.17) is 9.84 Å². The Morgan fingerprint density at radius 2 is 2.00 bits per heavy atom. The lowest BCUT2D eigenvalue weighted by Gasteiger charge is -2.21. The van der Waals surface area contributed by atoms with Crippen LogP contribution in [0, 0.1) is 29.6 Å². The molecule has 0 aliphatic heterocycles. The fraction of sp³-hybridized carbons (Fsp3) is 0.529. The van der Waals surface area contributed by atoms with Gasteiger partial charge >= 0.3 is 0 Å². The van der Waals surface area contributed by atoms with Crippen LogP contribution < -0.4 is 4.74 Å². The molecular formula is C17H20O2. The van der Waals surface area contributed by atoms with Crippen molar-refractivity contribution in [2.45, 2.75) is 25.7 Å². The van der Waals surface area contributed by atoms with Crippen molar-refractivity contribution in [1.82, 2.24) is 0 Å². The minimum atomic E-state index is -0.0948. The second kappa shape index (κ2) is 5.67. The lowest BCUT2D eigenvalue weighted by atomic mass is 9.89. The second-order valence-corrected chi connectivity index (χ2v) is 5.73. The van der Waals surface area contributed by atoms with Gasteiger partial charge < -0.3 is 9.84 Å². The summed E-state index contributed by atoms with van der Waals surface area (Å²) < 4.78 is 5.90. The van der Waals surface area contributed by atoms with E-state index in [1.807, 2.05) is 24.3 Å². The zero-order chi connectivity index (χ0) is 13.1. The topological polar surface area (TPSA) is 29.5 Å². The van der Waals surface area contributed by atoms with E-state index in [-0.39, 0.29) is 6.61 Å². The average molecular weight is 256 g/mol. The Morgan fingerprint density at radius 3 is 2.63 bits per heavy atom. The van der Waals surface area contributed by atoms with Crippen molar-refractivity contribution >= 4 is 0 Å². The number of benzene rings is 1. The first kappa shape index (κ1) is 12.6. The van der Waals surface area contributed by atoms with Gasteiger partial charge in [-0.05, 0) is 61.3 Å². The Balaban J connectivity index is 1.53. The highest BCUT2D eigenvalue weighted by Crippen LogP contribution is 2.48. The molecule has 2 fully saturated rings. The smallest absolute Gasteiger partial charge is 0.119 e. The Kier molecular flexibility index (Phi) is 3.75. The molecule has 0 spiro atoms. The molecule has 3 unspecified atom stereocenters. The molecule has 3 atom stereocenters. The second-order valence-electron chi connectivity index (χ2n) is 5.73. The summed E-state index contributed by atoms with van der Waals surface area (Å²) in [6.45, 7) is 0.769. The number of hydrogen-bond acceptors (Lipinski definition) is 2. The fourth-order valence-electron chi connectivity index (χ4n) is 3.56. The molecule has 2 aliphatic rings. The van der Waals surface area contributed by atoms with E-state index in [9.17, 15) is 0 Å². The number of aliphatic hydroxyl groups is 1. The summed E-state index contributed by atoms with van der Waals surface area (Å²) >= 11 is 0. The van der Waals surface area contributed by atoms with Crippen molar-refractivity contribution in [3.05, 3.63) is 29.8 Å². The van der Waals surface area contributed by atoms with Gasteiger partial charge in [0.05, 0.1) is 6.61 Å². The fourth-order valence-corrected chi connectivity index (χ4v) is 3.56. The monoisotopic (exact) mass is 256 g/mol. The molecule has 0 saturated heterocycles. The Hall–Kier alpha value is -1.46. The van der Waals surface area contributed by atoms with Gasteiger partial charge in [0.1, 0.15) is 12.4 Å². The molecule has 1 aromatic rings. The number of rotatable bonds is 3. The highest BCUT2D eigenvalue weighted by molar-refractivity contribution is 5.38. The van der Waals surface area contributed by atoms with Crippen LogP contribution in [0.3, 0.4) is 0 Å². The largest absolute Gasteiger partial charge is 0.493 e. The molecule has 0 amide bonds. The third-order valence-electron chi connectivity index (χ3n) is 4.51. The van der Waals surface area contributed by atoms with E-state index in [1.165, 1.54) is 25.7 Å². The molecule has 2 saturated carbocycles. The zero-order valence-corrected chi connectivity index (χ0v) is 11.1. The van der Waals surface area contributed by atoms with Crippen molar-refractivity contribution < 1.29 is 9.84 Å². The maximum absolute atomic E-state index is 8.64. The van der Waals surface area contributed by atoms with E-state index in [0.717, 1.165) is 35.7 Å². The predicted octanol–water partition coefficient (Wildman–Crippen LogP) is 2.85. The summed E-state index contributed by atoms with van der Waals surface area (Å²) in [5.41, 5.74) is 0.918. The minimum Gasteiger partial charge on any atom is -0.493 e. The van der Waals surface area contributed by atoms with Crippen LogP contribution in [-0.2, 0) is 0 Å². The van der Waals surface area contributed by atoms with Gasteiger partial charge in [-0.3, -0.25) is 0 Å². The Labute approximate surface area is 114 Å². The molecule has 2 bridgehead atoms. The molecule has 100 valence electrons. The summed E-state index contributed by atoms with van der Waals surface area (Å²) in [7, 11) is 0. The van der Waals surface area contributed by atoms with Crippen LogP contribution in [-0.4, -0.2) is 18.3 Å². The van der Waals surface area contributed by atoms with E-state index >= 15 is 0 Å². The van der Waals surface area contributed by atoms with Gasteiger partial charge in [0.25, 0.3) is 0 Å². The third kappa shape index (κ3) is 2.93. The third-order valence-corrected chi connectivity index (χ3v) is 4.51. The van der Waals surface area contributed by atoms with E-state index < -0.39 is 0 Å². The van der Waals surface area contributed by atoms with Crippen LogP contribution in [0.2, 0.25) is 0 Å². The zero-order valence-electron chi connectivity index (χ0n) is 11.1. The van der Waals surface area contributed by atoms with Crippen molar-refractivity contribution in [3.8, 4) is 17.6 Å². The van der Waals surface area contributed by atoms with Crippen LogP contribution in [0.5, 0.6) is 5.75 Å². The molecule has 3 rings (SSSR count). The molecule has 0 heterocycles. The van der Waals surface area contributed by atoms with Crippen LogP contribution in [0.15, 0.2) is 24.3 Å². The Morgan fingerprint density at radius 1 is 1.16 bits per heavy atom. The minimum absolute atomic E-state index is 0.0948. The summed E-state index contributed by atoms with van der Waals surface area (Å²) in [5.74, 6) is 9.13. The maximum atomic E-state index is 8.64. The van der Waals surface area contributed by atoms with Crippen molar-refractivity contribution in [3.63, 3.8) is 0 Å². The first-order chi connectivity index (χ1) is 9.35. The molecule has 1 N–H and O–H groups in total. The molecule has 1 aromatic carbocycles. The number of ether oxygens (including phenoxy) is 1. The van der Waals surface area contributed by atoms with Gasteiger partial charge in [-0.1, -0.05) is 18.3 Å². The van der Waals surface area contributed by atoms with E-state index in [2.05, 4.69) is 11.8 Å². The Bertz CT molecular complexity index is 480. The first-order valence-electron chi connectivity index (χ1n) is 7.18. The molecule has 19 heavy (non-hydrogen) atoms. The summed E-state index contributed by atoms with van der Waals surface area (Å²) in [6, 6.07) is 7.82. The van der Waals surface area contributed by atoms with Crippen LogP contribution in [0.25, 0.3) is 0 Å². The molecule has 0 aromatic heterocycles. The maximum Gasteiger partial charge on any atom is 0.119 e. The van der Waals surface area contributed by atoms with Gasteiger partial charge in [-0.2, -0.15) is 0 Å². The van der Waals surface area contributed by atoms with Crippen LogP contribution in [0.4, 0.5) is 0 Å². The highest BCUT2D eigenvalue weighted by Gasteiger charge is 2.39. The number of aliphatic hydroxyl groups excluding tert-OH is 1. The van der Waals surface area contributed by atoms with Gasteiger partial charge in [0.15, 0.2) is 0 Å². The van der Waals surface area contributed by atoms with Crippen LogP contribution >= 0.6 is 0 Å². The SMILES string of the molecule is OCC#Cc1ccc(OCC2CC3CCC2C3)cc1. The van der Waals surface area contributed by atoms with Crippen molar-refractivity contribution in [1.29, 1.82) is 0 Å². The lowest BCUT2D eigenvalue weighted by Crippen LogP contribution is -2.18. The lowest BCUT2D eigenvalue weighted by molar-refractivity contribution is 0.195. The van der Waals surface area contributed by atoms with Crippen LogP contribution in [0.1, 0.15) is 31.2 Å². The highest BCUT2D eigenvalue weighted by atomic mass is 16.5. The summed E-state index contributed by atoms with van der Waals surface area (Å²) in [6.07, 6.45) is 5.65. The average Bonchev–Trinajstić information content (AvgIpc) is 3.06. The van der Waals surface area contributed by atoms with E-state index in [1.54, 1.807) is 0 Å². The summed E-state index contributed by atoms with van der Waals surface area (Å²) in [4.78, 5) is 0. The van der Waals surface area contributed by atoms with E-state index in [0.29, 0.717) is 0 Å². The molecular weight excluding hydrogens is 236 g/mol. The molecule has 0 radical (unpaired) electrons. The number of hydrogen-bond donors (Lipinski definition) is 1. The molecule has 2 aliphatic carbocycles. The quantitative estimate of drug-likeness (QED) is 0.843. The predicted molar refractivity (Wildman–Crippen MR) is 74.8 cm³/mol. The summed E-state index contributed by atoms with van der Waals surface area (Å²) in [5, 5.41) is 8.64. The standard InChI is InChI=1S/C17H20O2/c18-9-1-2-13-4-7-17(8-5-13)19-12-16-11-14-3-6-15(16)10-14/h4-5,7-8,14-16,18H,3,6,9-12H2. The first-order valence-corrected chi connectivity index (χ1v) is 7.18. The van der Waals surface area contributed by atoms with Crippen molar-refractivity contribution in [2.75, 3.05) is 13.2 Å². The van der Waals surface area contributed by atoms with Gasteiger partial charge in [-0.15, -0.1) is 0 Å². The van der Waals surface area contributed by atoms with Crippen molar-refractivity contribution in [2.24, 2.45) is 17.8 Å². The van der Waals surface area contributed by atoms with Gasteiger partial charge in [0, 0.05) is 5.56 Å². The molecule has 2 heteroatoms. The molecule has 2 nitrogen and oxygen atoms in total. The number of fused-ring (bicyclic) bond motifs is 2. The van der Waals surface area contributed by atoms with Gasteiger partial charge in [0.2, 0.25) is 0 Å². The normalized spacial score (nSPS) is 27.9. The van der Waals surface area contributed by atoms with Gasteiger partial charge in [-0.25, -0.2) is 0 Å².